The van der Waals surface area contributed by atoms with Gasteiger partial charge in [0.25, 0.3) is 0 Å². The zero-order valence-corrected chi connectivity index (χ0v) is 12.7. The Morgan fingerprint density at radius 1 is 1.40 bits per heavy atom. The van der Waals surface area contributed by atoms with Gasteiger partial charge in [0, 0.05) is 24.7 Å². The van der Waals surface area contributed by atoms with E-state index < -0.39 is 6.04 Å². The van der Waals surface area contributed by atoms with Gasteiger partial charge in [0.15, 0.2) is 0 Å². The zero-order valence-electron chi connectivity index (χ0n) is 11.9. The monoisotopic (exact) mass is 294 g/mol. The van der Waals surface area contributed by atoms with Crippen LogP contribution in [0.5, 0.6) is 0 Å². The number of aromatic nitrogens is 4. The summed E-state index contributed by atoms with van der Waals surface area (Å²) in [5.74, 6) is 0.128. The van der Waals surface area contributed by atoms with E-state index in [1.54, 1.807) is 24.1 Å². The maximum absolute atomic E-state index is 12.3. The van der Waals surface area contributed by atoms with Crippen LogP contribution in [-0.4, -0.2) is 32.9 Å². The predicted molar refractivity (Wildman–Crippen MR) is 77.6 cm³/mol. The van der Waals surface area contributed by atoms with Crippen LogP contribution in [0, 0.1) is 0 Å². The first-order valence-electron chi connectivity index (χ1n) is 6.31. The lowest BCUT2D eigenvalue weighted by atomic mass is 10.1. The molecule has 0 saturated carbocycles. The minimum Gasteiger partial charge on any atom is -0.305 e. The Hall–Kier alpha value is -1.80. The molecule has 7 nitrogen and oxygen atoms in total. The fourth-order valence-electron chi connectivity index (χ4n) is 1.73. The van der Waals surface area contributed by atoms with Crippen molar-refractivity contribution in [2.75, 3.05) is 12.4 Å². The third-order valence-corrected chi connectivity index (χ3v) is 3.91. The first-order valence-corrected chi connectivity index (χ1v) is 7.13. The van der Waals surface area contributed by atoms with Gasteiger partial charge < -0.3 is 5.32 Å². The molecular formula is C12H18N6OS. The number of anilines is 1. The molecule has 0 aliphatic rings. The van der Waals surface area contributed by atoms with Crippen LogP contribution < -0.4 is 10.6 Å². The van der Waals surface area contributed by atoms with E-state index in [0.717, 1.165) is 10.6 Å². The van der Waals surface area contributed by atoms with Gasteiger partial charge in [0.2, 0.25) is 11.0 Å². The molecule has 2 aromatic heterocycles. The Labute approximate surface area is 121 Å². The van der Waals surface area contributed by atoms with Crippen molar-refractivity contribution in [2.45, 2.75) is 25.8 Å². The van der Waals surface area contributed by atoms with Crippen LogP contribution in [0.1, 0.15) is 36.4 Å². The summed E-state index contributed by atoms with van der Waals surface area (Å²) in [7, 11) is 3.55. The van der Waals surface area contributed by atoms with E-state index in [-0.39, 0.29) is 5.91 Å². The number of aryl methyl sites for hydroxylation is 1. The molecule has 108 valence electrons. The molecule has 0 aliphatic heterocycles. The van der Waals surface area contributed by atoms with Crippen molar-refractivity contribution in [2.24, 2.45) is 7.05 Å². The Balaban J connectivity index is 2.09. The molecule has 1 atom stereocenters. The van der Waals surface area contributed by atoms with Gasteiger partial charge in [-0.1, -0.05) is 25.2 Å². The molecule has 0 spiro atoms. The summed E-state index contributed by atoms with van der Waals surface area (Å²) in [4.78, 5) is 12.3. The lowest BCUT2D eigenvalue weighted by molar-refractivity contribution is -0.118. The average molecular weight is 294 g/mol. The molecule has 2 aromatic rings. The van der Waals surface area contributed by atoms with Crippen molar-refractivity contribution in [3.63, 3.8) is 0 Å². The number of carbonyl (C=O) groups is 1. The highest BCUT2D eigenvalue weighted by Crippen LogP contribution is 2.23. The Kier molecular flexibility index (Phi) is 4.46. The Bertz CT molecular complexity index is 590. The number of likely N-dealkylation sites (N-methyl/N-ethyl adjacent to an activating group) is 1. The van der Waals surface area contributed by atoms with Crippen molar-refractivity contribution < 1.29 is 4.79 Å². The predicted octanol–water partition coefficient (Wildman–Crippen LogP) is 1.29. The van der Waals surface area contributed by atoms with Crippen molar-refractivity contribution in [1.29, 1.82) is 0 Å². The van der Waals surface area contributed by atoms with Crippen LogP contribution in [0.4, 0.5) is 5.13 Å². The van der Waals surface area contributed by atoms with E-state index in [1.807, 2.05) is 20.9 Å². The number of hydrogen-bond acceptors (Lipinski definition) is 6. The highest BCUT2D eigenvalue weighted by atomic mass is 32.1. The van der Waals surface area contributed by atoms with Crippen molar-refractivity contribution >= 4 is 22.4 Å². The second-order valence-electron chi connectivity index (χ2n) is 4.76. The largest absolute Gasteiger partial charge is 0.305 e. The molecule has 2 N–H and O–H groups in total. The number of amides is 1. The van der Waals surface area contributed by atoms with Crippen molar-refractivity contribution in [3.8, 4) is 0 Å². The van der Waals surface area contributed by atoms with Crippen LogP contribution >= 0.6 is 11.3 Å². The second-order valence-corrected chi connectivity index (χ2v) is 5.77. The molecule has 0 bridgehead atoms. The molecule has 0 fully saturated rings. The number of rotatable bonds is 5. The molecule has 1 amide bonds. The van der Waals surface area contributed by atoms with E-state index in [0.29, 0.717) is 11.0 Å². The first-order chi connectivity index (χ1) is 9.51. The summed E-state index contributed by atoms with van der Waals surface area (Å²) in [6.07, 6.45) is 3.47. The van der Waals surface area contributed by atoms with Gasteiger partial charge in [-0.2, -0.15) is 5.10 Å². The standard InChI is InChI=1S/C12H18N6OS/c1-7(2)11-16-17-12(20-11)15-10(19)9(13-3)8-5-14-18(4)6-8/h5-7,9,13H,1-4H3,(H,15,17,19). The molecule has 1 unspecified atom stereocenters. The summed E-state index contributed by atoms with van der Waals surface area (Å²) in [6.45, 7) is 4.08. The Morgan fingerprint density at radius 2 is 2.15 bits per heavy atom. The third kappa shape index (κ3) is 3.20. The lowest BCUT2D eigenvalue weighted by Crippen LogP contribution is -2.30. The molecule has 2 heterocycles. The van der Waals surface area contributed by atoms with Gasteiger partial charge in [0.1, 0.15) is 11.0 Å². The van der Waals surface area contributed by atoms with Gasteiger partial charge >= 0.3 is 0 Å². The van der Waals surface area contributed by atoms with Gasteiger partial charge in [0.05, 0.1) is 6.20 Å². The number of nitrogens with zero attached hydrogens (tertiary/aromatic N) is 4. The molecule has 20 heavy (non-hydrogen) atoms. The van der Waals surface area contributed by atoms with Gasteiger partial charge in [-0.3, -0.25) is 14.8 Å². The van der Waals surface area contributed by atoms with E-state index in [4.69, 9.17) is 0 Å². The highest BCUT2D eigenvalue weighted by molar-refractivity contribution is 7.15. The van der Waals surface area contributed by atoms with Crippen LogP contribution in [0.25, 0.3) is 0 Å². The molecule has 0 saturated heterocycles. The second kappa shape index (κ2) is 6.10. The molecular weight excluding hydrogens is 276 g/mol. The van der Waals surface area contributed by atoms with Crippen LogP contribution in [0.3, 0.4) is 0 Å². The molecule has 2 rings (SSSR count). The normalized spacial score (nSPS) is 12.7. The molecule has 0 radical (unpaired) electrons. The fraction of sp³-hybridized carbons (Fsp3) is 0.500. The van der Waals surface area contributed by atoms with E-state index in [9.17, 15) is 4.79 Å². The molecule has 8 heteroatoms. The number of hydrogen-bond donors (Lipinski definition) is 2. The third-order valence-electron chi connectivity index (χ3n) is 2.77. The fourth-order valence-corrected chi connectivity index (χ4v) is 2.48. The van der Waals surface area contributed by atoms with Crippen molar-refractivity contribution in [3.05, 3.63) is 23.0 Å². The van der Waals surface area contributed by atoms with Crippen LogP contribution in [-0.2, 0) is 11.8 Å². The van der Waals surface area contributed by atoms with Gasteiger partial charge in [-0.05, 0) is 7.05 Å². The molecule has 0 aliphatic carbocycles. The minimum absolute atomic E-state index is 0.174. The SMILES string of the molecule is CNC(C(=O)Nc1nnc(C(C)C)s1)c1cnn(C)c1. The first kappa shape index (κ1) is 14.6. The smallest absolute Gasteiger partial charge is 0.248 e. The van der Waals surface area contributed by atoms with Gasteiger partial charge in [-0.25, -0.2) is 0 Å². The number of carbonyl (C=O) groups excluding carboxylic acids is 1. The summed E-state index contributed by atoms with van der Waals surface area (Å²) in [5.41, 5.74) is 0.807. The van der Waals surface area contributed by atoms with Crippen LogP contribution in [0.15, 0.2) is 12.4 Å². The van der Waals surface area contributed by atoms with E-state index in [1.165, 1.54) is 11.3 Å². The molecule has 0 aromatic carbocycles. The summed E-state index contributed by atoms with van der Waals surface area (Å²) in [5, 5.41) is 19.3. The maximum atomic E-state index is 12.3. The highest BCUT2D eigenvalue weighted by Gasteiger charge is 2.21. The quantitative estimate of drug-likeness (QED) is 0.868. The van der Waals surface area contributed by atoms with Crippen LogP contribution in [0.2, 0.25) is 0 Å². The summed E-state index contributed by atoms with van der Waals surface area (Å²) in [6, 6.07) is -0.463. The maximum Gasteiger partial charge on any atom is 0.248 e. The Morgan fingerprint density at radius 3 is 2.65 bits per heavy atom. The van der Waals surface area contributed by atoms with Gasteiger partial charge in [-0.15, -0.1) is 10.2 Å². The van der Waals surface area contributed by atoms with Crippen molar-refractivity contribution in [1.82, 2.24) is 25.3 Å². The summed E-state index contributed by atoms with van der Waals surface area (Å²) >= 11 is 1.39. The van der Waals surface area contributed by atoms with E-state index >= 15 is 0 Å². The summed E-state index contributed by atoms with van der Waals surface area (Å²) < 4.78 is 1.66. The number of nitrogens with one attached hydrogen (secondary N) is 2. The zero-order chi connectivity index (χ0) is 14.7. The topological polar surface area (TPSA) is 84.7 Å². The van der Waals surface area contributed by atoms with E-state index in [2.05, 4.69) is 25.9 Å². The average Bonchev–Trinajstić information content (AvgIpc) is 3.00. The minimum atomic E-state index is -0.463. The lowest BCUT2D eigenvalue weighted by Gasteiger charge is -2.12.